The third-order valence-corrected chi connectivity index (χ3v) is 1.04. The molecule has 0 aromatic heterocycles. The van der Waals surface area contributed by atoms with Crippen LogP contribution in [0.5, 0.6) is 0 Å². The second-order valence-corrected chi connectivity index (χ2v) is 2.00. The number of alkyl carbamates (subject to hydrolysis) is 2. The summed E-state index contributed by atoms with van der Waals surface area (Å²) in [6.45, 7) is 6.87. The van der Waals surface area contributed by atoms with Gasteiger partial charge in [0.25, 0.3) is 0 Å². The lowest BCUT2D eigenvalue weighted by molar-refractivity contribution is 0.180. The molecule has 0 unspecified atom stereocenters. The minimum absolute atomic E-state index is 0.235. The zero-order chi connectivity index (χ0) is 10.8. The molecule has 6 nitrogen and oxygen atoms in total. The van der Waals surface area contributed by atoms with Gasteiger partial charge in [-0.25, -0.2) is 9.59 Å². The first-order valence-electron chi connectivity index (χ1n) is 3.81. The number of rotatable bonds is 5. The molecule has 14 heavy (non-hydrogen) atoms. The number of carbonyl (C=O) groups excluding carboxylic acids is 2. The maximum absolute atomic E-state index is 10.6. The van der Waals surface area contributed by atoms with Crippen LogP contribution in [0.2, 0.25) is 0 Å². The number of amides is 2. The Kier molecular flexibility index (Phi) is 6.57. The zero-order valence-electron chi connectivity index (χ0n) is 7.62. The second kappa shape index (κ2) is 7.66. The summed E-state index contributed by atoms with van der Waals surface area (Å²) in [7, 11) is 0. The van der Waals surface area contributed by atoms with Crippen LogP contribution >= 0.6 is 0 Å². The highest BCUT2D eigenvalue weighted by molar-refractivity contribution is 5.69. The van der Waals surface area contributed by atoms with Gasteiger partial charge in [-0.2, -0.15) is 0 Å². The van der Waals surface area contributed by atoms with Crippen LogP contribution in [0, 0.1) is 0 Å². The van der Waals surface area contributed by atoms with E-state index in [0.717, 1.165) is 12.5 Å². The van der Waals surface area contributed by atoms with E-state index in [2.05, 4.69) is 33.3 Å². The number of hydrogen-bond acceptors (Lipinski definition) is 4. The summed E-state index contributed by atoms with van der Waals surface area (Å²) in [6.07, 6.45) is 0.765. The molecule has 0 saturated carbocycles. The van der Waals surface area contributed by atoms with Gasteiger partial charge in [0, 0.05) is 13.1 Å². The predicted octanol–water partition coefficient (Wildman–Crippen LogP) is 0.726. The molecule has 2 amide bonds. The average molecular weight is 200 g/mol. The van der Waals surface area contributed by atoms with Crippen molar-refractivity contribution in [2.45, 2.75) is 0 Å². The van der Waals surface area contributed by atoms with E-state index in [9.17, 15) is 9.59 Å². The Balaban J connectivity index is 3.36. The zero-order valence-corrected chi connectivity index (χ0v) is 7.62. The van der Waals surface area contributed by atoms with Gasteiger partial charge in [0.1, 0.15) is 0 Å². The van der Waals surface area contributed by atoms with Gasteiger partial charge in [-0.05, 0) is 0 Å². The van der Waals surface area contributed by atoms with Crippen LogP contribution in [0.3, 0.4) is 0 Å². The number of nitrogens with one attached hydrogen (secondary N) is 2. The average Bonchev–Trinajstić information content (AvgIpc) is 2.13. The van der Waals surface area contributed by atoms with Gasteiger partial charge in [0.15, 0.2) is 0 Å². The maximum atomic E-state index is 10.6. The predicted molar refractivity (Wildman–Crippen MR) is 49.4 cm³/mol. The quantitative estimate of drug-likeness (QED) is 0.506. The Labute approximate surface area is 81.6 Å². The van der Waals surface area contributed by atoms with Crippen molar-refractivity contribution in [3.05, 3.63) is 25.7 Å². The molecule has 6 heteroatoms. The molecule has 0 radical (unpaired) electrons. The van der Waals surface area contributed by atoms with Crippen molar-refractivity contribution in [1.29, 1.82) is 0 Å². The van der Waals surface area contributed by atoms with Gasteiger partial charge in [-0.15, -0.1) is 0 Å². The Morgan fingerprint density at radius 3 is 1.64 bits per heavy atom. The van der Waals surface area contributed by atoms with E-state index >= 15 is 0 Å². The highest BCUT2D eigenvalue weighted by atomic mass is 16.5. The van der Waals surface area contributed by atoms with Crippen LogP contribution < -0.4 is 10.6 Å². The largest absolute Gasteiger partial charge is 0.419 e. The highest BCUT2D eigenvalue weighted by Gasteiger charge is 2.00. The Hall–Kier alpha value is -1.98. The SMILES string of the molecule is C=COC(=O)NCCNC(=O)OC=C. The minimum Gasteiger partial charge on any atom is -0.419 e. The van der Waals surface area contributed by atoms with Crippen molar-refractivity contribution in [3.8, 4) is 0 Å². The standard InChI is InChI=1S/C8H12N2O4/c1-3-13-7(11)9-5-6-10-8(12)14-4-2/h3-4H,1-2,5-6H2,(H,9,11)(H,10,12). The first-order valence-corrected chi connectivity index (χ1v) is 3.81. The molecule has 0 rings (SSSR count). The van der Waals surface area contributed by atoms with Gasteiger partial charge in [0.2, 0.25) is 0 Å². The lowest BCUT2D eigenvalue weighted by Gasteiger charge is -2.04. The summed E-state index contributed by atoms with van der Waals surface area (Å²) in [5.41, 5.74) is 0. The van der Waals surface area contributed by atoms with Crippen LogP contribution in [-0.4, -0.2) is 25.3 Å². The Morgan fingerprint density at radius 1 is 1.00 bits per heavy atom. The van der Waals surface area contributed by atoms with Gasteiger partial charge >= 0.3 is 12.2 Å². The van der Waals surface area contributed by atoms with Crippen molar-refractivity contribution in [1.82, 2.24) is 10.6 Å². The van der Waals surface area contributed by atoms with E-state index in [1.165, 1.54) is 0 Å². The third kappa shape index (κ3) is 6.71. The van der Waals surface area contributed by atoms with Gasteiger partial charge < -0.3 is 20.1 Å². The molecule has 2 N–H and O–H groups in total. The summed E-state index contributed by atoms with van der Waals surface area (Å²) in [4.78, 5) is 21.3. The second-order valence-electron chi connectivity index (χ2n) is 2.00. The van der Waals surface area contributed by atoms with Crippen LogP contribution in [0.15, 0.2) is 25.7 Å². The van der Waals surface area contributed by atoms with Gasteiger partial charge in [0.05, 0.1) is 12.5 Å². The molecule has 0 aliphatic carbocycles. The first kappa shape index (κ1) is 12.0. The van der Waals surface area contributed by atoms with Crippen molar-refractivity contribution >= 4 is 12.2 Å². The Bertz CT molecular complexity index is 203. The lowest BCUT2D eigenvalue weighted by Crippen LogP contribution is -2.34. The molecule has 0 aliphatic rings. The van der Waals surface area contributed by atoms with Crippen LogP contribution in [0.1, 0.15) is 0 Å². The van der Waals surface area contributed by atoms with Gasteiger partial charge in [-0.1, -0.05) is 13.2 Å². The van der Waals surface area contributed by atoms with Crippen molar-refractivity contribution < 1.29 is 19.1 Å². The number of ether oxygens (including phenoxy) is 2. The Morgan fingerprint density at radius 2 is 1.36 bits per heavy atom. The smallest absolute Gasteiger partial charge is 0.412 e. The monoisotopic (exact) mass is 200 g/mol. The summed E-state index contributed by atoms with van der Waals surface area (Å²) < 4.78 is 8.70. The van der Waals surface area contributed by atoms with E-state index in [1.807, 2.05) is 0 Å². The van der Waals surface area contributed by atoms with E-state index in [4.69, 9.17) is 0 Å². The molecule has 0 saturated heterocycles. The fourth-order valence-electron chi connectivity index (χ4n) is 0.564. The molecule has 0 aromatic carbocycles. The number of carbonyl (C=O) groups is 2. The van der Waals surface area contributed by atoms with E-state index in [-0.39, 0.29) is 13.1 Å². The first-order chi connectivity index (χ1) is 6.70. The molecule has 0 fully saturated rings. The fraction of sp³-hybridized carbons (Fsp3) is 0.250. The normalized spacial score (nSPS) is 8.29. The fourth-order valence-corrected chi connectivity index (χ4v) is 0.564. The van der Waals surface area contributed by atoms with Crippen molar-refractivity contribution in [2.75, 3.05) is 13.1 Å². The summed E-state index contributed by atoms with van der Waals surface area (Å²) in [5.74, 6) is 0. The maximum Gasteiger partial charge on any atom is 0.412 e. The molecule has 0 bridgehead atoms. The van der Waals surface area contributed by atoms with Crippen molar-refractivity contribution in [2.24, 2.45) is 0 Å². The topological polar surface area (TPSA) is 76.7 Å². The van der Waals surface area contributed by atoms with Gasteiger partial charge in [-0.3, -0.25) is 0 Å². The molecule has 0 aromatic rings. The summed E-state index contributed by atoms with van der Waals surface area (Å²) in [5, 5.41) is 4.71. The van der Waals surface area contributed by atoms with E-state index in [0.29, 0.717) is 0 Å². The van der Waals surface area contributed by atoms with E-state index in [1.54, 1.807) is 0 Å². The minimum atomic E-state index is -0.626. The molecule has 78 valence electrons. The lowest BCUT2D eigenvalue weighted by atomic mass is 10.6. The van der Waals surface area contributed by atoms with E-state index < -0.39 is 12.2 Å². The molecule has 0 heterocycles. The van der Waals surface area contributed by atoms with Crippen LogP contribution in [-0.2, 0) is 9.47 Å². The van der Waals surface area contributed by atoms with Crippen LogP contribution in [0.25, 0.3) is 0 Å². The molecule has 0 aliphatic heterocycles. The summed E-state index contributed by atoms with van der Waals surface area (Å²) >= 11 is 0. The number of hydrogen-bond donors (Lipinski definition) is 2. The third-order valence-electron chi connectivity index (χ3n) is 1.04. The molecule has 0 atom stereocenters. The molecular formula is C8H12N2O4. The molecule has 0 spiro atoms. The molecular weight excluding hydrogens is 188 g/mol. The summed E-state index contributed by atoms with van der Waals surface area (Å²) in [6, 6.07) is 0. The van der Waals surface area contributed by atoms with Crippen LogP contribution in [0.4, 0.5) is 9.59 Å². The van der Waals surface area contributed by atoms with Crippen molar-refractivity contribution in [3.63, 3.8) is 0 Å². The highest BCUT2D eigenvalue weighted by Crippen LogP contribution is 1.77.